The maximum absolute atomic E-state index is 9.90. The molecule has 1 aliphatic heterocycles. The number of hydrogen-bond acceptors (Lipinski definition) is 9. The molecule has 0 amide bonds. The quantitative estimate of drug-likeness (QED) is 0.0791. The van der Waals surface area contributed by atoms with Crippen LogP contribution in [0.5, 0.6) is 11.5 Å². The van der Waals surface area contributed by atoms with E-state index in [-0.39, 0.29) is 5.57 Å². The summed E-state index contributed by atoms with van der Waals surface area (Å²) in [4.78, 5) is 1.97. The van der Waals surface area contributed by atoms with Crippen molar-refractivity contribution in [3.8, 4) is 68.1 Å². The molecule has 0 bridgehead atoms. The summed E-state index contributed by atoms with van der Waals surface area (Å²) in [6, 6.07) is 38.1. The van der Waals surface area contributed by atoms with E-state index in [1.165, 1.54) is 73.8 Å². The fourth-order valence-electron chi connectivity index (χ4n) is 7.48. The molecule has 0 spiro atoms. The minimum atomic E-state index is 0.111. The van der Waals surface area contributed by atoms with Gasteiger partial charge in [0.05, 0.1) is 29.2 Å². The van der Waals surface area contributed by atoms with Crippen LogP contribution >= 0.6 is 35.3 Å². The Balaban J connectivity index is 1.16. The minimum Gasteiger partial charge on any atom is -0.493 e. The number of allylic oxidation sites excluding steroid dienone is 1. The molecule has 0 radical (unpaired) electrons. The zero-order valence-corrected chi connectivity index (χ0v) is 36.7. The molecule has 6 aromatic rings. The summed E-state index contributed by atoms with van der Waals surface area (Å²) in [5.41, 5.74) is 10.1. The Morgan fingerprint density at radius 2 is 0.898 bits per heavy atom. The molecule has 9 heteroatoms. The van der Waals surface area contributed by atoms with E-state index in [0.29, 0.717) is 16.1 Å². The summed E-state index contributed by atoms with van der Waals surface area (Å²) < 4.78 is 22.8. The van der Waals surface area contributed by atoms with Crippen molar-refractivity contribution in [3.63, 3.8) is 0 Å². The van der Waals surface area contributed by atoms with E-state index in [9.17, 15) is 10.5 Å². The van der Waals surface area contributed by atoms with Crippen molar-refractivity contribution in [2.24, 2.45) is 11.8 Å². The lowest BCUT2D eigenvalue weighted by molar-refractivity contribution is 0.233. The number of ether oxygens (including phenoxy) is 2. The van der Waals surface area contributed by atoms with Gasteiger partial charge in [0.15, 0.2) is 0 Å². The molecule has 59 heavy (non-hydrogen) atoms. The first kappa shape index (κ1) is 42.1. The van der Waals surface area contributed by atoms with Gasteiger partial charge in [0.2, 0.25) is 0 Å². The highest BCUT2D eigenvalue weighted by Gasteiger charge is 2.32. The maximum Gasteiger partial charge on any atom is 0.150 e. The van der Waals surface area contributed by atoms with E-state index in [0.717, 1.165) is 103 Å². The van der Waals surface area contributed by atoms with Gasteiger partial charge in [-0.05, 0) is 82.3 Å². The Morgan fingerprint density at radius 1 is 0.542 bits per heavy atom. The Bertz CT molecular complexity index is 2290. The molecule has 5 aromatic carbocycles. The van der Waals surface area contributed by atoms with E-state index in [1.807, 2.05) is 0 Å². The zero-order valence-electron chi connectivity index (χ0n) is 34.3. The summed E-state index contributed by atoms with van der Waals surface area (Å²) in [6.45, 7) is 10.5. The van der Waals surface area contributed by atoms with Crippen molar-refractivity contribution in [1.82, 2.24) is 8.75 Å². The topological polar surface area (TPSA) is 91.8 Å². The first-order chi connectivity index (χ1) is 29.0. The second kappa shape index (κ2) is 20.3. The fourth-order valence-corrected chi connectivity index (χ4v) is 10.7. The van der Waals surface area contributed by atoms with Gasteiger partial charge in [-0.2, -0.15) is 19.3 Å². The lowest BCUT2D eigenvalue weighted by Gasteiger charge is -2.16. The predicted octanol–water partition coefficient (Wildman–Crippen LogP) is 15.0. The van der Waals surface area contributed by atoms with Gasteiger partial charge in [0.25, 0.3) is 0 Å². The van der Waals surface area contributed by atoms with E-state index in [2.05, 4.69) is 137 Å². The van der Waals surface area contributed by atoms with Crippen molar-refractivity contribution in [2.75, 3.05) is 13.2 Å². The van der Waals surface area contributed by atoms with Gasteiger partial charge in [0.1, 0.15) is 40.2 Å². The molecule has 6 nitrogen and oxygen atoms in total. The molecule has 0 aliphatic carbocycles. The summed E-state index contributed by atoms with van der Waals surface area (Å²) >= 11 is 4.16. The second-order valence-electron chi connectivity index (χ2n) is 15.1. The molecule has 300 valence electrons. The van der Waals surface area contributed by atoms with Gasteiger partial charge in [-0.1, -0.05) is 163 Å². The molecule has 2 atom stereocenters. The van der Waals surface area contributed by atoms with Crippen LogP contribution in [0.2, 0.25) is 0 Å². The number of nitrogens with zero attached hydrogens (tertiary/aromatic N) is 4. The molecule has 0 saturated carbocycles. The standard InChI is InChI=1S/C50H50N4O2S3/c1-5-9-11-33(7-3)31-55-42-25-21-37(22-26-42)35-13-17-39(18-14-35)44-46-47(54-59-53-46)45(49-48(44)57-50(58-49)41(29-51)30-52)40-19-15-36(16-20-40)38-23-27-43(28-24-38)56-32-34(8-4)12-10-6-2/h13-28,33-34H,5-12,31-32H2,1-4H3. The second-order valence-corrected chi connectivity index (χ2v) is 17.9. The van der Waals surface area contributed by atoms with Crippen LogP contribution in [-0.2, 0) is 0 Å². The normalized spacial score (nSPS) is 13.1. The van der Waals surface area contributed by atoms with Crippen LogP contribution in [0.4, 0.5) is 0 Å². The summed E-state index contributed by atoms with van der Waals surface area (Å²) in [6.07, 6.45) is 9.57. The first-order valence-electron chi connectivity index (χ1n) is 20.9. The van der Waals surface area contributed by atoms with Gasteiger partial charge < -0.3 is 9.47 Å². The van der Waals surface area contributed by atoms with E-state index < -0.39 is 0 Å². The summed E-state index contributed by atoms with van der Waals surface area (Å²) in [5.74, 6) is 2.96. The predicted molar refractivity (Wildman–Crippen MR) is 247 cm³/mol. The Labute approximate surface area is 362 Å². The van der Waals surface area contributed by atoms with Gasteiger partial charge in [-0.15, -0.1) is 0 Å². The van der Waals surface area contributed by atoms with Crippen molar-refractivity contribution in [3.05, 3.63) is 107 Å². The molecule has 1 aliphatic rings. The summed E-state index contributed by atoms with van der Waals surface area (Å²) in [7, 11) is 0. The third kappa shape index (κ3) is 9.71. The Hall–Kier alpha value is -5.06. The Kier molecular flexibility index (Phi) is 14.5. The lowest BCUT2D eigenvalue weighted by atomic mass is 9.95. The zero-order chi connectivity index (χ0) is 41.1. The van der Waals surface area contributed by atoms with Crippen LogP contribution in [0, 0.1) is 34.5 Å². The molecule has 0 N–H and O–H groups in total. The molecule has 2 heterocycles. The van der Waals surface area contributed by atoms with E-state index >= 15 is 0 Å². The van der Waals surface area contributed by atoms with Crippen LogP contribution in [0.3, 0.4) is 0 Å². The highest BCUT2D eigenvalue weighted by atomic mass is 32.2. The largest absolute Gasteiger partial charge is 0.493 e. The number of benzene rings is 5. The van der Waals surface area contributed by atoms with E-state index in [1.54, 1.807) is 0 Å². The number of unbranched alkanes of at least 4 members (excludes halogenated alkanes) is 2. The van der Waals surface area contributed by atoms with Crippen LogP contribution in [0.25, 0.3) is 55.5 Å². The first-order valence-corrected chi connectivity index (χ1v) is 23.2. The molecule has 0 saturated heterocycles. The monoisotopic (exact) mass is 834 g/mol. The fraction of sp³-hybridized carbons (Fsp3) is 0.320. The number of fused-ring (bicyclic) bond motifs is 2. The van der Waals surface area contributed by atoms with Crippen molar-refractivity contribution < 1.29 is 9.47 Å². The lowest BCUT2D eigenvalue weighted by Crippen LogP contribution is -2.11. The van der Waals surface area contributed by atoms with E-state index in [4.69, 9.17) is 18.2 Å². The van der Waals surface area contributed by atoms with Gasteiger partial charge >= 0.3 is 0 Å². The number of rotatable bonds is 18. The number of aromatic nitrogens is 2. The van der Waals surface area contributed by atoms with Gasteiger partial charge in [-0.25, -0.2) is 0 Å². The third-order valence-electron chi connectivity index (χ3n) is 11.2. The van der Waals surface area contributed by atoms with Crippen molar-refractivity contribution in [1.29, 1.82) is 10.5 Å². The van der Waals surface area contributed by atoms with Crippen LogP contribution in [-0.4, -0.2) is 22.0 Å². The molecular formula is C50H50N4O2S3. The molecule has 7 rings (SSSR count). The highest BCUT2D eigenvalue weighted by Crippen LogP contribution is 2.60. The molecular weight excluding hydrogens is 785 g/mol. The van der Waals surface area contributed by atoms with Gasteiger partial charge in [-0.3, -0.25) is 0 Å². The average molecular weight is 835 g/mol. The summed E-state index contributed by atoms with van der Waals surface area (Å²) in [5, 5.41) is 19.8. The van der Waals surface area contributed by atoms with Gasteiger partial charge in [0, 0.05) is 20.9 Å². The number of nitriles is 2. The highest BCUT2D eigenvalue weighted by molar-refractivity contribution is 8.25. The smallest absolute Gasteiger partial charge is 0.150 e. The number of thioether (sulfide) groups is 2. The molecule has 1 aromatic heterocycles. The van der Waals surface area contributed by atoms with Crippen molar-refractivity contribution >= 4 is 46.3 Å². The SMILES string of the molecule is CCCCC(CC)COc1ccc(-c2ccc(-c3c4c(c(-c5ccc(-c6ccc(OCC(CC)CCCC)cc6)cc5)c5nsnc35)SC(=C(C#N)C#N)S4)cc2)cc1. The average Bonchev–Trinajstić information content (AvgIpc) is 3.95. The number of hydrogen-bond donors (Lipinski definition) is 0. The Morgan fingerprint density at radius 3 is 1.24 bits per heavy atom. The van der Waals surface area contributed by atoms with Crippen LogP contribution in [0.15, 0.2) is 117 Å². The third-order valence-corrected chi connectivity index (χ3v) is 14.4. The molecule has 0 fully saturated rings. The minimum absolute atomic E-state index is 0.111. The maximum atomic E-state index is 9.90. The van der Waals surface area contributed by atoms with Crippen molar-refractivity contribution in [2.45, 2.75) is 88.9 Å². The van der Waals surface area contributed by atoms with Crippen LogP contribution in [0.1, 0.15) is 79.1 Å². The van der Waals surface area contributed by atoms with Crippen LogP contribution < -0.4 is 9.47 Å². The molecule has 2 unspecified atom stereocenters.